The lowest BCUT2D eigenvalue weighted by Gasteiger charge is -2.26. The van der Waals surface area contributed by atoms with Gasteiger partial charge in [-0.1, -0.05) is 30.3 Å². The molecule has 0 unspecified atom stereocenters. The molecule has 1 saturated heterocycles. The lowest BCUT2D eigenvalue weighted by atomic mass is 10.1. The van der Waals surface area contributed by atoms with E-state index in [1.54, 1.807) is 0 Å². The summed E-state index contributed by atoms with van der Waals surface area (Å²) in [4.78, 5) is 19.2. The van der Waals surface area contributed by atoms with Gasteiger partial charge in [0.25, 0.3) is 5.91 Å². The van der Waals surface area contributed by atoms with Crippen molar-refractivity contribution in [1.29, 1.82) is 0 Å². The minimum atomic E-state index is 0. The van der Waals surface area contributed by atoms with Crippen molar-refractivity contribution in [2.24, 2.45) is 4.99 Å². The third-order valence-corrected chi connectivity index (χ3v) is 5.23. The van der Waals surface area contributed by atoms with Crippen molar-refractivity contribution in [1.82, 2.24) is 15.5 Å². The first kappa shape index (κ1) is 26.0. The Labute approximate surface area is 208 Å². The maximum Gasteiger partial charge on any atom is 0.253 e. The monoisotopic (exact) mass is 550 g/mol. The molecule has 0 aromatic heterocycles. The minimum absolute atomic E-state index is 0. The van der Waals surface area contributed by atoms with Crippen LogP contribution in [0.1, 0.15) is 48.5 Å². The lowest BCUT2D eigenvalue weighted by molar-refractivity contribution is 0.0724. The number of hydrogen-bond acceptors (Lipinski definition) is 3. The van der Waals surface area contributed by atoms with E-state index >= 15 is 0 Å². The zero-order chi connectivity index (χ0) is 21.7. The Kier molecular flexibility index (Phi) is 11.9. The molecule has 1 heterocycles. The molecule has 0 spiro atoms. The van der Waals surface area contributed by atoms with Crippen LogP contribution < -0.4 is 15.4 Å². The number of amides is 1. The van der Waals surface area contributed by atoms with Gasteiger partial charge in [-0.3, -0.25) is 4.79 Å². The number of nitrogens with one attached hydrogen (secondary N) is 2. The average molecular weight is 550 g/mol. The van der Waals surface area contributed by atoms with E-state index in [1.807, 2.05) is 59.5 Å². The number of likely N-dealkylation sites (tertiary alicyclic amines) is 1. The number of para-hydroxylation sites is 1. The van der Waals surface area contributed by atoms with Crippen LogP contribution in [-0.4, -0.2) is 49.6 Å². The van der Waals surface area contributed by atoms with Crippen LogP contribution >= 0.6 is 24.0 Å². The number of nitrogens with zero attached hydrogens (tertiary/aromatic N) is 2. The molecule has 2 N–H and O–H groups in total. The number of ether oxygens (including phenoxy) is 1. The summed E-state index contributed by atoms with van der Waals surface area (Å²) in [5, 5.41) is 6.62. The molecule has 1 aliphatic rings. The maximum absolute atomic E-state index is 12.6. The SMILES string of the molecule is CCNC(=NCc1ccc(C(=O)N2CCCCC2)cc1)NCCCOc1ccccc1.I. The standard InChI is InChI=1S/C25H34N4O2.HI/c1-2-26-25(27-16-9-19-31-23-10-5-3-6-11-23)28-20-21-12-14-22(15-13-21)24(30)29-17-7-4-8-18-29;/h3,5-6,10-15H,2,4,7-9,16-20H2,1H3,(H2,26,27,28);1H. The zero-order valence-corrected chi connectivity index (χ0v) is 21.2. The van der Waals surface area contributed by atoms with E-state index in [0.717, 1.165) is 68.3 Å². The van der Waals surface area contributed by atoms with Crippen LogP contribution in [0.25, 0.3) is 0 Å². The van der Waals surface area contributed by atoms with Crippen LogP contribution in [0.15, 0.2) is 59.6 Å². The Bertz CT molecular complexity index is 822. The smallest absolute Gasteiger partial charge is 0.253 e. The van der Waals surface area contributed by atoms with E-state index in [4.69, 9.17) is 4.74 Å². The third kappa shape index (κ3) is 8.68. The fraction of sp³-hybridized carbons (Fsp3) is 0.440. The van der Waals surface area contributed by atoms with Crippen LogP contribution in [0.3, 0.4) is 0 Å². The number of carbonyl (C=O) groups is 1. The summed E-state index contributed by atoms with van der Waals surface area (Å²) >= 11 is 0. The molecule has 2 aromatic rings. The summed E-state index contributed by atoms with van der Waals surface area (Å²) in [5.74, 6) is 1.82. The Morgan fingerprint density at radius 2 is 1.72 bits per heavy atom. The van der Waals surface area contributed by atoms with Crippen LogP contribution in [0.5, 0.6) is 5.75 Å². The van der Waals surface area contributed by atoms with Gasteiger partial charge in [0.2, 0.25) is 0 Å². The van der Waals surface area contributed by atoms with Crippen LogP contribution in [-0.2, 0) is 6.54 Å². The molecule has 0 bridgehead atoms. The van der Waals surface area contributed by atoms with E-state index in [9.17, 15) is 4.79 Å². The highest BCUT2D eigenvalue weighted by molar-refractivity contribution is 14.0. The fourth-order valence-electron chi connectivity index (χ4n) is 3.53. The lowest BCUT2D eigenvalue weighted by Crippen LogP contribution is -2.38. The number of halogens is 1. The predicted octanol–water partition coefficient (Wildman–Crippen LogP) is 4.45. The molecule has 174 valence electrons. The summed E-state index contributed by atoms with van der Waals surface area (Å²) in [5.41, 5.74) is 1.85. The molecule has 1 fully saturated rings. The number of carbonyl (C=O) groups excluding carboxylic acids is 1. The van der Waals surface area contributed by atoms with Crippen LogP contribution in [0.4, 0.5) is 0 Å². The molecule has 0 radical (unpaired) electrons. The van der Waals surface area contributed by atoms with E-state index in [1.165, 1.54) is 6.42 Å². The predicted molar refractivity (Wildman–Crippen MR) is 141 cm³/mol. The van der Waals surface area contributed by atoms with Crippen molar-refractivity contribution >= 4 is 35.8 Å². The zero-order valence-electron chi connectivity index (χ0n) is 18.9. The number of aliphatic imine (C=N–C) groups is 1. The molecule has 0 saturated carbocycles. The molecule has 1 aliphatic heterocycles. The first-order valence-corrected chi connectivity index (χ1v) is 11.3. The minimum Gasteiger partial charge on any atom is -0.494 e. The fourth-order valence-corrected chi connectivity index (χ4v) is 3.53. The molecule has 6 nitrogen and oxygen atoms in total. The second-order valence-electron chi connectivity index (χ2n) is 7.69. The normalized spacial score (nSPS) is 13.8. The topological polar surface area (TPSA) is 66.0 Å². The summed E-state index contributed by atoms with van der Waals surface area (Å²) in [6.45, 7) is 6.60. The summed E-state index contributed by atoms with van der Waals surface area (Å²) in [6, 6.07) is 17.7. The average Bonchev–Trinajstić information content (AvgIpc) is 2.83. The van der Waals surface area contributed by atoms with E-state index in [0.29, 0.717) is 13.2 Å². The molecular weight excluding hydrogens is 515 g/mol. The number of guanidine groups is 1. The quantitative estimate of drug-likeness (QED) is 0.210. The van der Waals surface area contributed by atoms with E-state index in [-0.39, 0.29) is 29.9 Å². The van der Waals surface area contributed by atoms with Gasteiger partial charge in [-0.2, -0.15) is 0 Å². The van der Waals surface area contributed by atoms with Crippen molar-refractivity contribution < 1.29 is 9.53 Å². The first-order chi connectivity index (χ1) is 15.3. The van der Waals surface area contributed by atoms with Gasteiger partial charge < -0.3 is 20.3 Å². The third-order valence-electron chi connectivity index (χ3n) is 5.23. The van der Waals surface area contributed by atoms with Crippen molar-refractivity contribution in [3.05, 3.63) is 65.7 Å². The van der Waals surface area contributed by atoms with Gasteiger partial charge in [0.05, 0.1) is 13.2 Å². The van der Waals surface area contributed by atoms with Crippen molar-refractivity contribution in [3.63, 3.8) is 0 Å². The molecule has 7 heteroatoms. The van der Waals surface area contributed by atoms with Gasteiger partial charge >= 0.3 is 0 Å². The Balaban J connectivity index is 0.00000363. The largest absolute Gasteiger partial charge is 0.494 e. The highest BCUT2D eigenvalue weighted by Gasteiger charge is 2.17. The van der Waals surface area contributed by atoms with E-state index < -0.39 is 0 Å². The number of hydrogen-bond donors (Lipinski definition) is 2. The van der Waals surface area contributed by atoms with Crippen molar-refractivity contribution in [2.45, 2.75) is 39.2 Å². The molecule has 32 heavy (non-hydrogen) atoms. The molecular formula is C25H35IN4O2. The Morgan fingerprint density at radius 3 is 2.41 bits per heavy atom. The second-order valence-corrected chi connectivity index (χ2v) is 7.69. The Morgan fingerprint density at radius 1 is 1.00 bits per heavy atom. The molecule has 0 aliphatic carbocycles. The van der Waals surface area contributed by atoms with Crippen molar-refractivity contribution in [2.75, 3.05) is 32.8 Å². The molecule has 0 atom stereocenters. The summed E-state index contributed by atoms with van der Waals surface area (Å²) < 4.78 is 5.72. The molecule has 1 amide bonds. The van der Waals surface area contributed by atoms with E-state index in [2.05, 4.69) is 22.5 Å². The van der Waals surface area contributed by atoms with Gasteiger partial charge in [0.15, 0.2) is 5.96 Å². The van der Waals surface area contributed by atoms with Gasteiger partial charge in [0.1, 0.15) is 5.75 Å². The van der Waals surface area contributed by atoms with Crippen molar-refractivity contribution in [3.8, 4) is 5.75 Å². The number of piperidine rings is 1. The van der Waals surface area contributed by atoms with Gasteiger partial charge in [-0.25, -0.2) is 4.99 Å². The highest BCUT2D eigenvalue weighted by atomic mass is 127. The van der Waals surface area contributed by atoms with Crippen LogP contribution in [0.2, 0.25) is 0 Å². The molecule has 2 aromatic carbocycles. The number of benzene rings is 2. The maximum atomic E-state index is 12.6. The van der Waals surface area contributed by atoms with Gasteiger partial charge in [0, 0.05) is 31.7 Å². The van der Waals surface area contributed by atoms with Gasteiger partial charge in [-0.05, 0) is 62.4 Å². The molecule has 3 rings (SSSR count). The summed E-state index contributed by atoms with van der Waals surface area (Å²) in [6.07, 6.45) is 4.32. The first-order valence-electron chi connectivity index (χ1n) is 11.3. The van der Waals surface area contributed by atoms with Crippen LogP contribution in [0, 0.1) is 0 Å². The Hall–Kier alpha value is -2.29. The number of rotatable bonds is 9. The summed E-state index contributed by atoms with van der Waals surface area (Å²) in [7, 11) is 0. The second kappa shape index (κ2) is 14.7. The highest BCUT2D eigenvalue weighted by Crippen LogP contribution is 2.14. The van der Waals surface area contributed by atoms with Gasteiger partial charge in [-0.15, -0.1) is 24.0 Å².